The van der Waals surface area contributed by atoms with E-state index in [1.807, 2.05) is 30.5 Å². The molecule has 0 radical (unpaired) electrons. The molecule has 0 unspecified atom stereocenters. The number of aromatic nitrogens is 2. The number of aromatic amines is 1. The molecule has 2 aromatic carbocycles. The molecule has 1 amide bonds. The van der Waals surface area contributed by atoms with Crippen molar-refractivity contribution in [2.24, 2.45) is 0 Å². The first-order valence-electron chi connectivity index (χ1n) is 9.67. The number of fused-ring (bicyclic) bond motifs is 2. The van der Waals surface area contributed by atoms with Crippen LogP contribution in [0.3, 0.4) is 0 Å². The third-order valence-corrected chi connectivity index (χ3v) is 4.87. The lowest BCUT2D eigenvalue weighted by Crippen LogP contribution is -2.30. The van der Waals surface area contributed by atoms with Gasteiger partial charge in [-0.1, -0.05) is 30.3 Å². The van der Waals surface area contributed by atoms with Gasteiger partial charge in [-0.05, 0) is 30.2 Å². The van der Waals surface area contributed by atoms with Gasteiger partial charge in [-0.3, -0.25) is 14.2 Å². The number of aryl methyl sites for hydroxylation is 1. The number of rotatable bonds is 8. The van der Waals surface area contributed by atoms with Gasteiger partial charge >= 0.3 is 11.7 Å². The Bertz CT molecular complexity index is 1250. The fraction of sp³-hybridized carbons (Fsp3) is 0.227. The Kier molecular flexibility index (Phi) is 5.65. The second-order valence-electron chi connectivity index (χ2n) is 6.86. The van der Waals surface area contributed by atoms with Crippen molar-refractivity contribution in [1.82, 2.24) is 14.9 Å². The standard InChI is InChI=1S/C22H21N3O5/c26-20(23-11-9-15-13-24-17-6-2-1-5-16(15)17)14-29-21(27)10-12-25-18-7-3-4-8-19(18)30-22(25)28/h1-8,13,24H,9-12,14H2,(H,23,26). The van der Waals surface area contributed by atoms with Crippen molar-refractivity contribution in [2.45, 2.75) is 19.4 Å². The van der Waals surface area contributed by atoms with Crippen molar-refractivity contribution >= 4 is 33.9 Å². The third kappa shape index (κ3) is 4.27. The van der Waals surface area contributed by atoms with E-state index in [1.165, 1.54) is 4.57 Å². The Morgan fingerprint density at radius 3 is 2.80 bits per heavy atom. The van der Waals surface area contributed by atoms with Gasteiger partial charge in [-0.25, -0.2) is 4.79 Å². The summed E-state index contributed by atoms with van der Waals surface area (Å²) in [7, 11) is 0. The molecule has 0 atom stereocenters. The fourth-order valence-electron chi connectivity index (χ4n) is 3.37. The largest absolute Gasteiger partial charge is 0.456 e. The number of esters is 1. The van der Waals surface area contributed by atoms with Crippen molar-refractivity contribution in [3.8, 4) is 0 Å². The van der Waals surface area contributed by atoms with Crippen LogP contribution in [0.5, 0.6) is 0 Å². The van der Waals surface area contributed by atoms with Crippen molar-refractivity contribution in [3.05, 3.63) is 70.8 Å². The number of nitrogens with one attached hydrogen (secondary N) is 2. The first-order chi connectivity index (χ1) is 14.6. The van der Waals surface area contributed by atoms with Gasteiger partial charge in [0.25, 0.3) is 5.91 Å². The molecule has 2 N–H and O–H groups in total. The van der Waals surface area contributed by atoms with Gasteiger partial charge < -0.3 is 19.5 Å². The molecule has 0 aliphatic heterocycles. The van der Waals surface area contributed by atoms with Crippen LogP contribution in [-0.2, 0) is 27.3 Å². The Labute approximate surface area is 171 Å². The van der Waals surface area contributed by atoms with Gasteiger partial charge in [-0.15, -0.1) is 0 Å². The van der Waals surface area contributed by atoms with E-state index in [9.17, 15) is 14.4 Å². The molecule has 0 fully saturated rings. The molecule has 4 rings (SSSR count). The van der Waals surface area contributed by atoms with E-state index in [0.29, 0.717) is 24.1 Å². The number of benzene rings is 2. The van der Waals surface area contributed by atoms with Gasteiger partial charge in [0.05, 0.1) is 11.9 Å². The summed E-state index contributed by atoms with van der Waals surface area (Å²) in [6.07, 6.45) is 2.56. The first-order valence-corrected chi connectivity index (χ1v) is 9.67. The van der Waals surface area contributed by atoms with Crippen molar-refractivity contribution < 1.29 is 18.7 Å². The molecule has 0 saturated carbocycles. The molecule has 8 nitrogen and oxygen atoms in total. The second-order valence-corrected chi connectivity index (χ2v) is 6.86. The number of carbonyl (C=O) groups is 2. The molecule has 0 spiro atoms. The topological polar surface area (TPSA) is 106 Å². The lowest BCUT2D eigenvalue weighted by Gasteiger charge is -2.07. The minimum Gasteiger partial charge on any atom is -0.456 e. The molecular weight excluding hydrogens is 386 g/mol. The van der Waals surface area contributed by atoms with Crippen LogP contribution < -0.4 is 11.1 Å². The Morgan fingerprint density at radius 1 is 1.10 bits per heavy atom. The Balaban J connectivity index is 1.20. The summed E-state index contributed by atoms with van der Waals surface area (Å²) in [5.41, 5.74) is 3.24. The van der Waals surface area contributed by atoms with Crippen LogP contribution >= 0.6 is 0 Å². The zero-order chi connectivity index (χ0) is 20.9. The number of H-pyrrole nitrogens is 1. The van der Waals surface area contributed by atoms with E-state index in [4.69, 9.17) is 9.15 Å². The monoisotopic (exact) mass is 407 g/mol. The lowest BCUT2D eigenvalue weighted by molar-refractivity contribution is -0.148. The van der Waals surface area contributed by atoms with Gasteiger partial charge in [0.2, 0.25) is 0 Å². The van der Waals surface area contributed by atoms with E-state index in [2.05, 4.69) is 10.3 Å². The molecule has 30 heavy (non-hydrogen) atoms. The Morgan fingerprint density at radius 2 is 1.90 bits per heavy atom. The number of hydrogen-bond donors (Lipinski definition) is 2. The zero-order valence-corrected chi connectivity index (χ0v) is 16.2. The van der Waals surface area contributed by atoms with Crippen molar-refractivity contribution in [2.75, 3.05) is 13.2 Å². The number of para-hydroxylation sites is 3. The number of carbonyl (C=O) groups excluding carboxylic acids is 2. The molecule has 0 aliphatic carbocycles. The minimum atomic E-state index is -0.557. The highest BCUT2D eigenvalue weighted by Crippen LogP contribution is 2.17. The molecule has 4 aromatic rings. The average molecular weight is 407 g/mol. The van der Waals surface area contributed by atoms with Crippen LogP contribution in [0, 0.1) is 0 Å². The quantitative estimate of drug-likeness (QED) is 0.436. The van der Waals surface area contributed by atoms with Gasteiger partial charge in [-0.2, -0.15) is 0 Å². The maximum Gasteiger partial charge on any atom is 0.419 e. The molecule has 0 bridgehead atoms. The molecule has 2 aromatic heterocycles. The fourth-order valence-corrected chi connectivity index (χ4v) is 3.37. The highest BCUT2D eigenvalue weighted by molar-refractivity contribution is 5.83. The third-order valence-electron chi connectivity index (χ3n) is 4.87. The maximum atomic E-state index is 11.9. The predicted octanol–water partition coefficient (Wildman–Crippen LogP) is 2.37. The van der Waals surface area contributed by atoms with Crippen LogP contribution in [0.25, 0.3) is 22.0 Å². The van der Waals surface area contributed by atoms with Crippen LogP contribution in [0.4, 0.5) is 0 Å². The van der Waals surface area contributed by atoms with Crippen LogP contribution in [0.2, 0.25) is 0 Å². The number of hydrogen-bond acceptors (Lipinski definition) is 5. The van der Waals surface area contributed by atoms with Crippen LogP contribution in [-0.4, -0.2) is 34.6 Å². The first kappa shape index (κ1) is 19.5. The van der Waals surface area contributed by atoms with Gasteiger partial charge in [0.1, 0.15) is 0 Å². The van der Waals surface area contributed by atoms with Crippen LogP contribution in [0.1, 0.15) is 12.0 Å². The van der Waals surface area contributed by atoms with E-state index in [1.54, 1.807) is 24.3 Å². The summed E-state index contributed by atoms with van der Waals surface area (Å²) in [4.78, 5) is 39.0. The highest BCUT2D eigenvalue weighted by atomic mass is 16.5. The Hall–Kier alpha value is -3.81. The summed E-state index contributed by atoms with van der Waals surface area (Å²) in [6, 6.07) is 14.9. The smallest absolute Gasteiger partial charge is 0.419 e. The summed E-state index contributed by atoms with van der Waals surface area (Å²) in [5.74, 6) is -1.45. The summed E-state index contributed by atoms with van der Waals surface area (Å²) >= 11 is 0. The number of oxazole rings is 1. The minimum absolute atomic E-state index is 0.0357. The van der Waals surface area contributed by atoms with E-state index in [0.717, 1.165) is 16.5 Å². The lowest BCUT2D eigenvalue weighted by atomic mass is 10.1. The van der Waals surface area contributed by atoms with Crippen molar-refractivity contribution in [1.29, 1.82) is 0 Å². The van der Waals surface area contributed by atoms with E-state index < -0.39 is 11.7 Å². The molecule has 0 aliphatic rings. The van der Waals surface area contributed by atoms with Crippen molar-refractivity contribution in [3.63, 3.8) is 0 Å². The predicted molar refractivity (Wildman–Crippen MR) is 111 cm³/mol. The summed E-state index contributed by atoms with van der Waals surface area (Å²) in [6.45, 7) is 0.208. The maximum absolute atomic E-state index is 11.9. The molecule has 154 valence electrons. The normalized spacial score (nSPS) is 11.1. The highest BCUT2D eigenvalue weighted by Gasteiger charge is 2.12. The molecular formula is C22H21N3O5. The summed E-state index contributed by atoms with van der Waals surface area (Å²) in [5, 5.41) is 3.87. The number of nitrogens with zero attached hydrogens (tertiary/aromatic N) is 1. The van der Waals surface area contributed by atoms with Gasteiger partial charge in [0.15, 0.2) is 12.2 Å². The SMILES string of the molecule is O=C(COC(=O)CCn1c(=O)oc2ccccc21)NCCc1c[nH]c2ccccc12. The zero-order valence-electron chi connectivity index (χ0n) is 16.2. The number of ether oxygens (including phenoxy) is 1. The molecule has 8 heteroatoms. The van der Waals surface area contributed by atoms with E-state index in [-0.39, 0.29) is 25.5 Å². The van der Waals surface area contributed by atoms with E-state index >= 15 is 0 Å². The molecule has 2 heterocycles. The van der Waals surface area contributed by atoms with Gasteiger partial charge in [0, 0.05) is 30.2 Å². The average Bonchev–Trinajstić information content (AvgIpc) is 3.31. The number of amides is 1. The molecule has 0 saturated heterocycles. The summed E-state index contributed by atoms with van der Waals surface area (Å²) < 4.78 is 11.5. The second kappa shape index (κ2) is 8.69. The van der Waals surface area contributed by atoms with Crippen LogP contribution in [0.15, 0.2) is 63.9 Å².